The minimum absolute atomic E-state index is 0.0142. The standard InChI is InChI=1S/C12H17FN2O2S/c1-9-5-10(13)7-12(6-9)18(16,17)15-4-2-3-11(15)8-14/h5-7,11H,2-4,8,14H2,1H3/t11-/m0/s1. The Morgan fingerprint density at radius 2 is 2.17 bits per heavy atom. The van der Waals surface area contributed by atoms with Crippen molar-refractivity contribution in [2.75, 3.05) is 13.1 Å². The van der Waals surface area contributed by atoms with Crippen LogP contribution in [-0.2, 0) is 10.0 Å². The molecule has 2 rings (SSSR count). The van der Waals surface area contributed by atoms with E-state index < -0.39 is 15.8 Å². The third-order valence-electron chi connectivity index (χ3n) is 3.22. The van der Waals surface area contributed by atoms with Crippen LogP contribution in [0, 0.1) is 12.7 Å². The summed E-state index contributed by atoms with van der Waals surface area (Å²) in [5.41, 5.74) is 6.17. The SMILES string of the molecule is Cc1cc(F)cc(S(=O)(=O)N2CCC[C@H]2CN)c1. The van der Waals surface area contributed by atoms with Crippen LogP contribution >= 0.6 is 0 Å². The molecule has 6 heteroatoms. The van der Waals surface area contributed by atoms with Gasteiger partial charge in [-0.1, -0.05) is 0 Å². The van der Waals surface area contributed by atoms with E-state index in [9.17, 15) is 12.8 Å². The highest BCUT2D eigenvalue weighted by atomic mass is 32.2. The number of nitrogens with two attached hydrogens (primary N) is 1. The molecular weight excluding hydrogens is 255 g/mol. The topological polar surface area (TPSA) is 63.4 Å². The summed E-state index contributed by atoms with van der Waals surface area (Å²) in [6, 6.07) is 3.70. The molecule has 1 fully saturated rings. The van der Waals surface area contributed by atoms with Gasteiger partial charge in [-0.15, -0.1) is 0 Å². The molecule has 0 radical (unpaired) electrons. The van der Waals surface area contributed by atoms with Gasteiger partial charge in [-0.2, -0.15) is 4.31 Å². The number of nitrogens with zero attached hydrogens (tertiary/aromatic N) is 1. The first-order chi connectivity index (χ1) is 8.45. The van der Waals surface area contributed by atoms with Gasteiger partial charge in [-0.3, -0.25) is 0 Å². The predicted octanol–water partition coefficient (Wildman–Crippen LogP) is 1.25. The van der Waals surface area contributed by atoms with Gasteiger partial charge >= 0.3 is 0 Å². The molecule has 0 amide bonds. The van der Waals surface area contributed by atoms with E-state index >= 15 is 0 Å². The predicted molar refractivity (Wildman–Crippen MR) is 67.1 cm³/mol. The average molecular weight is 272 g/mol. The molecule has 1 aromatic carbocycles. The van der Waals surface area contributed by atoms with Crippen molar-refractivity contribution < 1.29 is 12.8 Å². The molecular formula is C12H17FN2O2S. The number of benzene rings is 1. The second kappa shape index (κ2) is 4.95. The summed E-state index contributed by atoms with van der Waals surface area (Å²) in [6.07, 6.45) is 1.57. The van der Waals surface area contributed by atoms with Gasteiger partial charge in [0, 0.05) is 19.1 Å². The van der Waals surface area contributed by atoms with Crippen LogP contribution in [-0.4, -0.2) is 31.9 Å². The maximum Gasteiger partial charge on any atom is 0.243 e. The van der Waals surface area contributed by atoms with Crippen molar-refractivity contribution in [2.24, 2.45) is 5.73 Å². The third kappa shape index (κ3) is 2.41. The van der Waals surface area contributed by atoms with Gasteiger partial charge in [0.15, 0.2) is 0 Å². The lowest BCUT2D eigenvalue weighted by atomic mass is 10.2. The lowest BCUT2D eigenvalue weighted by molar-refractivity contribution is 0.392. The maximum atomic E-state index is 13.3. The van der Waals surface area contributed by atoms with E-state index in [1.54, 1.807) is 6.92 Å². The van der Waals surface area contributed by atoms with Crippen LogP contribution in [0.2, 0.25) is 0 Å². The van der Waals surface area contributed by atoms with E-state index in [0.29, 0.717) is 18.7 Å². The highest BCUT2D eigenvalue weighted by Crippen LogP contribution is 2.26. The summed E-state index contributed by atoms with van der Waals surface area (Å²) in [4.78, 5) is 0.0142. The Labute approximate surface area is 107 Å². The number of halogens is 1. The van der Waals surface area contributed by atoms with Crippen molar-refractivity contribution in [3.05, 3.63) is 29.6 Å². The monoisotopic (exact) mass is 272 g/mol. The second-order valence-electron chi connectivity index (χ2n) is 4.61. The third-order valence-corrected chi connectivity index (χ3v) is 5.15. The van der Waals surface area contributed by atoms with Crippen molar-refractivity contribution >= 4 is 10.0 Å². The largest absolute Gasteiger partial charge is 0.329 e. The van der Waals surface area contributed by atoms with E-state index in [4.69, 9.17) is 5.73 Å². The lowest BCUT2D eigenvalue weighted by Gasteiger charge is -2.23. The summed E-state index contributed by atoms with van der Waals surface area (Å²) >= 11 is 0. The van der Waals surface area contributed by atoms with Gasteiger partial charge in [0.1, 0.15) is 5.82 Å². The van der Waals surface area contributed by atoms with Crippen LogP contribution in [0.3, 0.4) is 0 Å². The first kappa shape index (κ1) is 13.5. The highest BCUT2D eigenvalue weighted by Gasteiger charge is 2.34. The van der Waals surface area contributed by atoms with Gasteiger partial charge in [0.2, 0.25) is 10.0 Å². The van der Waals surface area contributed by atoms with Crippen LogP contribution in [0.1, 0.15) is 18.4 Å². The molecule has 4 nitrogen and oxygen atoms in total. The zero-order valence-corrected chi connectivity index (χ0v) is 11.1. The van der Waals surface area contributed by atoms with E-state index in [1.165, 1.54) is 16.4 Å². The van der Waals surface area contributed by atoms with Crippen LogP contribution in [0.15, 0.2) is 23.1 Å². The molecule has 0 spiro atoms. The van der Waals surface area contributed by atoms with E-state index in [2.05, 4.69) is 0 Å². The van der Waals surface area contributed by atoms with Crippen LogP contribution < -0.4 is 5.73 Å². The first-order valence-electron chi connectivity index (χ1n) is 5.94. The molecule has 100 valence electrons. The molecule has 0 aliphatic carbocycles. The molecule has 1 aliphatic heterocycles. The van der Waals surface area contributed by atoms with E-state index in [1.807, 2.05) is 0 Å². The summed E-state index contributed by atoms with van der Waals surface area (Å²) in [5, 5.41) is 0. The summed E-state index contributed by atoms with van der Waals surface area (Å²) < 4.78 is 39.5. The molecule has 1 aliphatic rings. The normalized spacial score (nSPS) is 21.4. The molecule has 0 aromatic heterocycles. The molecule has 1 saturated heterocycles. The number of sulfonamides is 1. The molecule has 1 heterocycles. The maximum absolute atomic E-state index is 13.3. The fraction of sp³-hybridized carbons (Fsp3) is 0.500. The minimum Gasteiger partial charge on any atom is -0.329 e. The van der Waals surface area contributed by atoms with Gasteiger partial charge in [0.25, 0.3) is 0 Å². The fourth-order valence-electron chi connectivity index (χ4n) is 2.35. The zero-order chi connectivity index (χ0) is 13.3. The summed E-state index contributed by atoms with van der Waals surface area (Å²) in [5.74, 6) is -0.530. The van der Waals surface area contributed by atoms with Crippen molar-refractivity contribution in [1.82, 2.24) is 4.31 Å². The van der Waals surface area contributed by atoms with Gasteiger partial charge in [0.05, 0.1) is 4.90 Å². The molecule has 1 atom stereocenters. The molecule has 0 unspecified atom stereocenters. The van der Waals surface area contributed by atoms with Gasteiger partial charge < -0.3 is 5.73 Å². The Kier molecular flexibility index (Phi) is 3.70. The molecule has 0 bridgehead atoms. The Morgan fingerprint density at radius 1 is 1.44 bits per heavy atom. The highest BCUT2D eigenvalue weighted by molar-refractivity contribution is 7.89. The number of hydrogen-bond acceptors (Lipinski definition) is 3. The van der Waals surface area contributed by atoms with Crippen molar-refractivity contribution in [2.45, 2.75) is 30.7 Å². The van der Waals surface area contributed by atoms with Crippen LogP contribution in [0.4, 0.5) is 4.39 Å². The van der Waals surface area contributed by atoms with Crippen molar-refractivity contribution in [3.8, 4) is 0 Å². The van der Waals surface area contributed by atoms with E-state index in [0.717, 1.165) is 18.9 Å². The quantitative estimate of drug-likeness (QED) is 0.900. The molecule has 1 aromatic rings. The Morgan fingerprint density at radius 3 is 2.78 bits per heavy atom. The number of hydrogen-bond donors (Lipinski definition) is 1. The summed E-state index contributed by atoms with van der Waals surface area (Å²) in [7, 11) is -3.63. The zero-order valence-electron chi connectivity index (χ0n) is 10.3. The van der Waals surface area contributed by atoms with E-state index in [-0.39, 0.29) is 10.9 Å². The molecule has 18 heavy (non-hydrogen) atoms. The second-order valence-corrected chi connectivity index (χ2v) is 6.50. The minimum atomic E-state index is -3.63. The molecule has 2 N–H and O–H groups in total. The van der Waals surface area contributed by atoms with Gasteiger partial charge in [-0.05, 0) is 43.5 Å². The fourth-order valence-corrected chi connectivity index (χ4v) is 4.17. The Balaban J connectivity index is 2.41. The Bertz CT molecular complexity index is 525. The lowest BCUT2D eigenvalue weighted by Crippen LogP contribution is -2.39. The Hall–Kier alpha value is -0.980. The number of aryl methyl sites for hydroxylation is 1. The van der Waals surface area contributed by atoms with Crippen LogP contribution in [0.5, 0.6) is 0 Å². The average Bonchev–Trinajstić information content (AvgIpc) is 2.76. The molecule has 0 saturated carbocycles. The van der Waals surface area contributed by atoms with Gasteiger partial charge in [-0.25, -0.2) is 12.8 Å². The smallest absolute Gasteiger partial charge is 0.243 e. The van der Waals surface area contributed by atoms with Crippen molar-refractivity contribution in [1.29, 1.82) is 0 Å². The summed E-state index contributed by atoms with van der Waals surface area (Å²) in [6.45, 7) is 2.43. The van der Waals surface area contributed by atoms with Crippen molar-refractivity contribution in [3.63, 3.8) is 0 Å². The van der Waals surface area contributed by atoms with Crippen LogP contribution in [0.25, 0.3) is 0 Å². The first-order valence-corrected chi connectivity index (χ1v) is 7.38. The number of rotatable bonds is 3.